The molecule has 3 rings (SSSR count). The van der Waals surface area contributed by atoms with E-state index in [1.54, 1.807) is 0 Å². The molecule has 0 N–H and O–H groups in total. The van der Waals surface area contributed by atoms with Crippen molar-refractivity contribution >= 4 is 11.9 Å². The van der Waals surface area contributed by atoms with Crippen LogP contribution in [0.2, 0.25) is 0 Å². The summed E-state index contributed by atoms with van der Waals surface area (Å²) in [6.07, 6.45) is 2.27. The summed E-state index contributed by atoms with van der Waals surface area (Å²) >= 11 is 1.81. The van der Waals surface area contributed by atoms with E-state index in [4.69, 9.17) is 4.74 Å². The van der Waals surface area contributed by atoms with Crippen molar-refractivity contribution in [3.05, 3.63) is 83.3 Å². The second-order valence-electron chi connectivity index (χ2n) is 7.01. The second-order valence-corrected chi connectivity index (χ2v) is 7.96. The van der Waals surface area contributed by atoms with E-state index >= 15 is 0 Å². The van der Waals surface area contributed by atoms with Gasteiger partial charge in [0, 0.05) is 26.2 Å². The molecule has 4 heteroatoms. The third-order valence-electron chi connectivity index (χ3n) is 4.93. The van der Waals surface area contributed by atoms with Crippen LogP contribution in [0.25, 0.3) is 0 Å². The lowest BCUT2D eigenvalue weighted by molar-refractivity contribution is -0.0168. The van der Waals surface area contributed by atoms with Crippen molar-refractivity contribution in [1.29, 1.82) is 0 Å². The van der Waals surface area contributed by atoms with Crippen LogP contribution in [-0.4, -0.2) is 41.0 Å². The highest BCUT2D eigenvalue weighted by molar-refractivity contribution is 7.99. The van der Waals surface area contributed by atoms with Crippen molar-refractivity contribution in [1.82, 2.24) is 9.21 Å². The van der Waals surface area contributed by atoms with E-state index in [0.29, 0.717) is 12.6 Å². The lowest BCUT2D eigenvalue weighted by Gasteiger charge is -2.42. The highest BCUT2D eigenvalue weighted by Gasteiger charge is 2.31. The van der Waals surface area contributed by atoms with E-state index < -0.39 is 0 Å². The molecule has 2 aromatic rings. The smallest absolute Gasteiger partial charge is 0.0728 e. The molecule has 0 radical (unpaired) electrons. The quantitative estimate of drug-likeness (QED) is 0.599. The van der Waals surface area contributed by atoms with Crippen LogP contribution in [0.15, 0.2) is 72.1 Å². The van der Waals surface area contributed by atoms with Crippen LogP contribution in [0, 0.1) is 0 Å². The van der Waals surface area contributed by atoms with Crippen LogP contribution in [0.1, 0.15) is 25.0 Å². The Hall–Kier alpha value is -1.59. The van der Waals surface area contributed by atoms with Gasteiger partial charge in [-0.1, -0.05) is 78.7 Å². The maximum absolute atomic E-state index is 6.27. The van der Waals surface area contributed by atoms with Gasteiger partial charge in [0.2, 0.25) is 0 Å². The molecule has 1 fully saturated rings. The van der Waals surface area contributed by atoms with Gasteiger partial charge >= 0.3 is 0 Å². The summed E-state index contributed by atoms with van der Waals surface area (Å²) < 4.78 is 8.75. The lowest BCUT2D eigenvalue weighted by Crippen LogP contribution is -2.54. The first kappa shape index (κ1) is 20.2. The molecule has 0 bridgehead atoms. The summed E-state index contributed by atoms with van der Waals surface area (Å²) in [7, 11) is 0. The van der Waals surface area contributed by atoms with Gasteiger partial charge in [0.15, 0.2) is 0 Å². The molecule has 1 aliphatic rings. The van der Waals surface area contributed by atoms with Crippen molar-refractivity contribution in [2.75, 3.05) is 19.6 Å². The lowest BCUT2D eigenvalue weighted by atomic mass is 10.1. The van der Waals surface area contributed by atoms with Gasteiger partial charge in [0.1, 0.15) is 0 Å². The molecular formula is C23H30N2OS. The number of hydrogen-bond donors (Lipinski definition) is 0. The molecule has 0 aromatic heterocycles. The first-order chi connectivity index (χ1) is 13.3. The fourth-order valence-electron chi connectivity index (χ4n) is 3.40. The largest absolute Gasteiger partial charge is 0.372 e. The molecular weight excluding hydrogens is 352 g/mol. The first-order valence-electron chi connectivity index (χ1n) is 9.72. The van der Waals surface area contributed by atoms with Gasteiger partial charge in [0.25, 0.3) is 0 Å². The topological polar surface area (TPSA) is 15.7 Å². The Bertz CT molecular complexity index is 692. The first-order valence-corrected chi connectivity index (χ1v) is 10.6. The van der Waals surface area contributed by atoms with Crippen molar-refractivity contribution in [3.63, 3.8) is 0 Å². The van der Waals surface area contributed by atoms with Crippen molar-refractivity contribution < 1.29 is 4.74 Å². The molecule has 0 spiro atoms. The van der Waals surface area contributed by atoms with E-state index in [0.717, 1.165) is 26.2 Å². The number of ether oxygens (including phenoxy) is 1. The Labute approximate surface area is 168 Å². The van der Waals surface area contributed by atoms with Gasteiger partial charge in [-0.15, -0.1) is 0 Å². The second kappa shape index (κ2) is 10.7. The Morgan fingerprint density at radius 2 is 1.70 bits per heavy atom. The molecule has 0 amide bonds. The highest BCUT2D eigenvalue weighted by atomic mass is 32.2. The van der Waals surface area contributed by atoms with Crippen LogP contribution in [0.4, 0.5) is 0 Å². The zero-order chi connectivity index (χ0) is 18.9. The number of nitrogens with zero attached hydrogens (tertiary/aromatic N) is 2. The zero-order valence-electron chi connectivity index (χ0n) is 16.3. The van der Waals surface area contributed by atoms with Gasteiger partial charge < -0.3 is 4.74 Å². The van der Waals surface area contributed by atoms with Gasteiger partial charge in [0.05, 0.1) is 18.8 Å². The number of rotatable bonds is 8. The van der Waals surface area contributed by atoms with E-state index in [1.165, 1.54) is 11.1 Å². The minimum atomic E-state index is 0.168. The summed E-state index contributed by atoms with van der Waals surface area (Å²) in [5.74, 6) is 0. The minimum absolute atomic E-state index is 0.168. The molecule has 27 heavy (non-hydrogen) atoms. The number of benzene rings is 2. The average Bonchev–Trinajstić information content (AvgIpc) is 2.72. The summed E-state index contributed by atoms with van der Waals surface area (Å²) in [6.45, 7) is 9.11. The predicted octanol–water partition coefficient (Wildman–Crippen LogP) is 4.96. The Balaban J connectivity index is 1.62. The summed E-state index contributed by atoms with van der Waals surface area (Å²) in [4.78, 5) is 2.55. The van der Waals surface area contributed by atoms with Crippen LogP contribution in [-0.2, 0) is 17.9 Å². The third kappa shape index (κ3) is 6.22. The Morgan fingerprint density at radius 1 is 1.04 bits per heavy atom. The van der Waals surface area contributed by atoms with Crippen LogP contribution in [0.5, 0.6) is 0 Å². The van der Waals surface area contributed by atoms with E-state index in [1.807, 2.05) is 18.0 Å². The molecule has 3 nitrogen and oxygen atoms in total. The SMILES string of the molecule is C/C=C\SN1CCN(Cc2ccccc2)CC1C(C)OCc1ccccc1. The summed E-state index contributed by atoms with van der Waals surface area (Å²) in [5, 5.41) is 2.17. The van der Waals surface area contributed by atoms with Crippen molar-refractivity contribution in [2.24, 2.45) is 0 Å². The molecule has 144 valence electrons. The molecule has 0 saturated carbocycles. The molecule has 2 atom stereocenters. The predicted molar refractivity (Wildman–Crippen MR) is 115 cm³/mol. The molecule has 1 saturated heterocycles. The standard InChI is InChI=1S/C23H30N2OS/c1-3-16-27-25-15-14-24(17-21-10-6-4-7-11-21)18-23(25)20(2)26-19-22-12-8-5-9-13-22/h3-13,16,20,23H,14-15,17-19H2,1-2H3/b16-3-. The zero-order valence-corrected chi connectivity index (χ0v) is 17.1. The number of hydrogen-bond acceptors (Lipinski definition) is 4. The van der Waals surface area contributed by atoms with Gasteiger partial charge in [-0.05, 0) is 30.4 Å². The number of allylic oxidation sites excluding steroid dienone is 1. The molecule has 2 aromatic carbocycles. The Morgan fingerprint density at radius 3 is 2.37 bits per heavy atom. The number of piperazine rings is 1. The van der Waals surface area contributed by atoms with Crippen LogP contribution >= 0.6 is 11.9 Å². The fraction of sp³-hybridized carbons (Fsp3) is 0.391. The van der Waals surface area contributed by atoms with Crippen LogP contribution < -0.4 is 0 Å². The van der Waals surface area contributed by atoms with E-state index in [2.05, 4.69) is 89.1 Å². The molecule has 0 aliphatic carbocycles. The van der Waals surface area contributed by atoms with Crippen LogP contribution in [0.3, 0.4) is 0 Å². The highest BCUT2D eigenvalue weighted by Crippen LogP contribution is 2.25. The van der Waals surface area contributed by atoms with Gasteiger partial charge in [-0.2, -0.15) is 0 Å². The third-order valence-corrected chi connectivity index (χ3v) is 6.05. The maximum Gasteiger partial charge on any atom is 0.0728 e. The normalized spacial score (nSPS) is 20.1. The summed E-state index contributed by atoms with van der Waals surface area (Å²) in [6, 6.07) is 21.6. The van der Waals surface area contributed by atoms with Gasteiger partial charge in [-0.3, -0.25) is 4.90 Å². The monoisotopic (exact) mass is 382 g/mol. The molecule has 1 heterocycles. The average molecular weight is 383 g/mol. The Kier molecular flexibility index (Phi) is 7.96. The summed E-state index contributed by atoms with van der Waals surface area (Å²) in [5.41, 5.74) is 2.61. The van der Waals surface area contributed by atoms with E-state index in [-0.39, 0.29) is 6.10 Å². The fourth-order valence-corrected chi connectivity index (χ4v) is 4.26. The minimum Gasteiger partial charge on any atom is -0.372 e. The maximum atomic E-state index is 6.27. The van der Waals surface area contributed by atoms with Crippen molar-refractivity contribution in [3.8, 4) is 0 Å². The molecule has 2 unspecified atom stereocenters. The molecule has 1 aliphatic heterocycles. The van der Waals surface area contributed by atoms with Gasteiger partial charge in [-0.25, -0.2) is 4.31 Å². The van der Waals surface area contributed by atoms with Crippen molar-refractivity contribution in [2.45, 2.75) is 39.1 Å². The van der Waals surface area contributed by atoms with E-state index in [9.17, 15) is 0 Å².